The highest BCUT2D eigenvalue weighted by Crippen LogP contribution is 2.33. The summed E-state index contributed by atoms with van der Waals surface area (Å²) in [6.07, 6.45) is 1.41. The lowest BCUT2D eigenvalue weighted by Gasteiger charge is -2.11. The summed E-state index contributed by atoms with van der Waals surface area (Å²) in [4.78, 5) is 25.9. The third kappa shape index (κ3) is 5.97. The fourth-order valence-electron chi connectivity index (χ4n) is 2.65. The molecule has 0 fully saturated rings. The first kappa shape index (κ1) is 20.2. The van der Waals surface area contributed by atoms with Crippen molar-refractivity contribution in [2.45, 2.75) is 16.2 Å². The largest absolute Gasteiger partial charge is 0.456 e. The lowest BCUT2D eigenvalue weighted by molar-refractivity contribution is -0.147. The number of rotatable bonds is 7. The molecule has 1 heterocycles. The maximum absolute atomic E-state index is 12.2. The van der Waals surface area contributed by atoms with Gasteiger partial charge in [0.1, 0.15) is 0 Å². The van der Waals surface area contributed by atoms with Gasteiger partial charge < -0.3 is 10.1 Å². The van der Waals surface area contributed by atoms with E-state index in [1.165, 1.54) is 17.8 Å². The van der Waals surface area contributed by atoms with Crippen LogP contribution in [0.15, 0.2) is 75.9 Å². The van der Waals surface area contributed by atoms with Gasteiger partial charge in [0.15, 0.2) is 16.4 Å². The van der Waals surface area contributed by atoms with E-state index in [-0.39, 0.29) is 12.2 Å². The van der Waals surface area contributed by atoms with Crippen molar-refractivity contribution in [2.24, 2.45) is 5.92 Å². The van der Waals surface area contributed by atoms with Crippen LogP contribution in [0.3, 0.4) is 0 Å². The van der Waals surface area contributed by atoms with Crippen LogP contribution in [-0.2, 0) is 24.2 Å². The van der Waals surface area contributed by atoms with Crippen LogP contribution in [0.1, 0.15) is 6.42 Å². The molecule has 0 bridgehead atoms. The van der Waals surface area contributed by atoms with Crippen molar-refractivity contribution in [3.05, 3.63) is 66.1 Å². The van der Waals surface area contributed by atoms with E-state index >= 15 is 0 Å². The van der Waals surface area contributed by atoms with Crippen molar-refractivity contribution in [2.75, 3.05) is 17.7 Å². The quantitative estimate of drug-likeness (QED) is 0.696. The Labute approximate surface area is 167 Å². The molecule has 0 saturated carbocycles. The normalized spacial score (nSPS) is 17.2. The molecule has 0 aliphatic carbocycles. The van der Waals surface area contributed by atoms with Crippen LogP contribution >= 0.6 is 11.8 Å². The van der Waals surface area contributed by atoms with Crippen LogP contribution in [0.5, 0.6) is 0 Å². The van der Waals surface area contributed by atoms with E-state index in [1.54, 1.807) is 6.07 Å². The molecule has 1 unspecified atom stereocenters. The Hall–Kier alpha value is -2.58. The summed E-state index contributed by atoms with van der Waals surface area (Å²) in [5.74, 6) is -1.56. The minimum atomic E-state index is -3.21. The number of anilines is 1. The number of amides is 1. The van der Waals surface area contributed by atoms with E-state index in [9.17, 15) is 18.0 Å². The van der Waals surface area contributed by atoms with Gasteiger partial charge in [0.2, 0.25) is 0 Å². The van der Waals surface area contributed by atoms with Gasteiger partial charge in [-0.15, -0.1) is 0 Å². The molecule has 28 heavy (non-hydrogen) atoms. The van der Waals surface area contributed by atoms with E-state index in [1.807, 2.05) is 48.5 Å². The average Bonchev–Trinajstić information content (AvgIpc) is 3.01. The summed E-state index contributed by atoms with van der Waals surface area (Å²) < 4.78 is 27.7. The van der Waals surface area contributed by atoms with Gasteiger partial charge in [-0.1, -0.05) is 48.2 Å². The summed E-state index contributed by atoms with van der Waals surface area (Å²) in [6.45, 7) is -0.424. The Bertz CT molecular complexity index is 987. The second-order valence-corrected chi connectivity index (χ2v) is 9.29. The van der Waals surface area contributed by atoms with Gasteiger partial charge in [-0.25, -0.2) is 8.42 Å². The Kier molecular flexibility index (Phi) is 6.53. The van der Waals surface area contributed by atoms with Gasteiger partial charge >= 0.3 is 5.97 Å². The molecule has 0 saturated heterocycles. The average molecular weight is 418 g/mol. The molecule has 0 spiro atoms. The Morgan fingerprint density at radius 1 is 1.07 bits per heavy atom. The van der Waals surface area contributed by atoms with E-state index in [2.05, 4.69) is 5.32 Å². The third-order valence-corrected chi connectivity index (χ3v) is 6.48. The predicted octanol–water partition coefficient (Wildman–Crippen LogP) is 3.27. The van der Waals surface area contributed by atoms with Gasteiger partial charge in [0.25, 0.3) is 5.91 Å². The smallest absolute Gasteiger partial charge is 0.306 e. The van der Waals surface area contributed by atoms with Crippen LogP contribution in [0, 0.1) is 5.92 Å². The number of nitrogens with one attached hydrogen (secondary N) is 1. The zero-order valence-electron chi connectivity index (χ0n) is 14.9. The number of hydrogen-bond donors (Lipinski definition) is 1. The number of ether oxygens (including phenoxy) is 1. The van der Waals surface area contributed by atoms with E-state index < -0.39 is 34.2 Å². The molecule has 1 aliphatic rings. The fraction of sp³-hybridized carbons (Fsp3) is 0.200. The molecular formula is C20H19NO5S2. The maximum atomic E-state index is 12.2. The molecule has 1 atom stereocenters. The number of allylic oxidation sites excluding steroid dienone is 1. The van der Waals surface area contributed by atoms with Crippen LogP contribution < -0.4 is 5.32 Å². The zero-order chi connectivity index (χ0) is 20.0. The number of sulfone groups is 1. The first-order valence-corrected chi connectivity index (χ1v) is 11.1. The zero-order valence-corrected chi connectivity index (χ0v) is 16.5. The van der Waals surface area contributed by atoms with Crippen molar-refractivity contribution in [1.82, 2.24) is 0 Å². The molecule has 3 rings (SSSR count). The summed E-state index contributed by atoms with van der Waals surface area (Å²) in [5.41, 5.74) is 0.627. The maximum Gasteiger partial charge on any atom is 0.306 e. The van der Waals surface area contributed by atoms with Crippen molar-refractivity contribution in [3.63, 3.8) is 0 Å². The Balaban J connectivity index is 1.51. The topological polar surface area (TPSA) is 89.5 Å². The second-order valence-electron chi connectivity index (χ2n) is 6.24. The molecule has 146 valence electrons. The molecule has 6 nitrogen and oxygen atoms in total. The standard InChI is InChI=1S/C20H19NO5S2/c22-19(13-26-20(23)12-15-10-11-28(24,25)14-15)21-17-8-4-5-9-18(17)27-16-6-2-1-3-7-16/h1-11,15H,12-14H2,(H,21,22). The third-order valence-electron chi connectivity index (χ3n) is 3.93. The highest BCUT2D eigenvalue weighted by Gasteiger charge is 2.24. The summed E-state index contributed by atoms with van der Waals surface area (Å²) in [5, 5.41) is 3.86. The summed E-state index contributed by atoms with van der Waals surface area (Å²) in [6, 6.07) is 17.1. The van der Waals surface area contributed by atoms with Gasteiger partial charge in [-0.2, -0.15) is 0 Å². The van der Waals surface area contributed by atoms with Crippen molar-refractivity contribution < 1.29 is 22.7 Å². The van der Waals surface area contributed by atoms with Crippen LogP contribution in [0.4, 0.5) is 5.69 Å². The molecule has 2 aromatic rings. The molecule has 8 heteroatoms. The van der Waals surface area contributed by atoms with Gasteiger partial charge in [0.05, 0.1) is 17.9 Å². The van der Waals surface area contributed by atoms with Gasteiger partial charge in [-0.3, -0.25) is 9.59 Å². The van der Waals surface area contributed by atoms with E-state index in [0.717, 1.165) is 15.2 Å². The molecule has 0 radical (unpaired) electrons. The minimum absolute atomic E-state index is 0.0660. The molecule has 1 N–H and O–H groups in total. The molecule has 0 aromatic heterocycles. The lowest BCUT2D eigenvalue weighted by atomic mass is 10.1. The molecule has 1 amide bonds. The summed E-state index contributed by atoms with van der Waals surface area (Å²) >= 11 is 1.51. The van der Waals surface area contributed by atoms with Gasteiger partial charge in [-0.05, 0) is 24.3 Å². The number of benzene rings is 2. The van der Waals surface area contributed by atoms with Crippen molar-refractivity contribution >= 4 is 39.2 Å². The summed E-state index contributed by atoms with van der Waals surface area (Å²) in [7, 11) is -3.21. The van der Waals surface area contributed by atoms with Gasteiger partial charge in [0, 0.05) is 21.1 Å². The van der Waals surface area contributed by atoms with Crippen molar-refractivity contribution in [1.29, 1.82) is 0 Å². The second kappa shape index (κ2) is 9.07. The predicted molar refractivity (Wildman–Crippen MR) is 108 cm³/mol. The van der Waals surface area contributed by atoms with E-state index in [0.29, 0.717) is 5.69 Å². The molecule has 2 aromatic carbocycles. The number of para-hydroxylation sites is 1. The van der Waals surface area contributed by atoms with Crippen LogP contribution in [0.2, 0.25) is 0 Å². The molecular weight excluding hydrogens is 398 g/mol. The number of carbonyl (C=O) groups excluding carboxylic acids is 2. The Morgan fingerprint density at radius 3 is 2.50 bits per heavy atom. The first-order valence-electron chi connectivity index (χ1n) is 8.60. The number of hydrogen-bond acceptors (Lipinski definition) is 6. The Morgan fingerprint density at radius 2 is 1.79 bits per heavy atom. The number of esters is 1. The number of carbonyl (C=O) groups is 2. The lowest BCUT2D eigenvalue weighted by Crippen LogP contribution is -2.22. The van der Waals surface area contributed by atoms with E-state index in [4.69, 9.17) is 4.74 Å². The SMILES string of the molecule is O=C(COC(=O)CC1C=CS(=O)(=O)C1)Nc1ccccc1Sc1ccccc1. The fourth-order valence-corrected chi connectivity index (χ4v) is 4.97. The highest BCUT2D eigenvalue weighted by molar-refractivity contribution is 7.99. The highest BCUT2D eigenvalue weighted by atomic mass is 32.2. The van der Waals surface area contributed by atoms with Crippen LogP contribution in [-0.4, -0.2) is 32.7 Å². The van der Waals surface area contributed by atoms with Crippen LogP contribution in [0.25, 0.3) is 0 Å². The first-order chi connectivity index (χ1) is 13.4. The minimum Gasteiger partial charge on any atom is -0.456 e. The monoisotopic (exact) mass is 417 g/mol. The molecule has 1 aliphatic heterocycles. The van der Waals surface area contributed by atoms with Crippen molar-refractivity contribution in [3.8, 4) is 0 Å².